The first-order valence-corrected chi connectivity index (χ1v) is 7.40. The molecule has 0 atom stereocenters. The molecule has 7 heteroatoms. The van der Waals surface area contributed by atoms with Crippen LogP contribution in [0.25, 0.3) is 10.2 Å². The molecule has 0 unspecified atom stereocenters. The van der Waals surface area contributed by atoms with Gasteiger partial charge in [-0.05, 0) is 12.1 Å². The van der Waals surface area contributed by atoms with Crippen LogP contribution in [-0.4, -0.2) is 33.8 Å². The zero-order valence-electron chi connectivity index (χ0n) is 11.5. The van der Waals surface area contributed by atoms with E-state index in [1.807, 2.05) is 24.3 Å². The van der Waals surface area contributed by atoms with Gasteiger partial charge in [0.1, 0.15) is 0 Å². The Hall–Kier alpha value is -2.41. The van der Waals surface area contributed by atoms with Crippen molar-refractivity contribution >= 4 is 32.6 Å². The molecule has 21 heavy (non-hydrogen) atoms. The molecule has 0 saturated heterocycles. The highest BCUT2D eigenvalue weighted by Gasteiger charge is 2.07. The molecule has 2 aromatic heterocycles. The summed E-state index contributed by atoms with van der Waals surface area (Å²) in [5, 5.41) is 10.9. The third kappa shape index (κ3) is 3.19. The van der Waals surface area contributed by atoms with Crippen LogP contribution in [0.3, 0.4) is 0 Å². The Labute approximate surface area is 125 Å². The van der Waals surface area contributed by atoms with E-state index in [0.29, 0.717) is 18.7 Å². The number of benzene rings is 1. The van der Waals surface area contributed by atoms with Crippen molar-refractivity contribution in [2.24, 2.45) is 7.05 Å². The van der Waals surface area contributed by atoms with Crippen molar-refractivity contribution in [1.29, 1.82) is 0 Å². The Balaban J connectivity index is 1.49. The molecule has 1 aromatic carbocycles. The summed E-state index contributed by atoms with van der Waals surface area (Å²) in [6, 6.07) is 8.00. The van der Waals surface area contributed by atoms with Crippen molar-refractivity contribution in [1.82, 2.24) is 20.1 Å². The summed E-state index contributed by atoms with van der Waals surface area (Å²) in [4.78, 5) is 16.3. The molecule has 0 aliphatic heterocycles. The highest BCUT2D eigenvalue weighted by atomic mass is 32.1. The van der Waals surface area contributed by atoms with Crippen LogP contribution < -0.4 is 10.6 Å². The number of fused-ring (bicyclic) bond motifs is 1. The zero-order chi connectivity index (χ0) is 14.7. The number of hydrogen-bond donors (Lipinski definition) is 2. The average molecular weight is 301 g/mol. The summed E-state index contributed by atoms with van der Waals surface area (Å²) in [6.07, 6.45) is 3.24. The number of nitrogens with zero attached hydrogens (tertiary/aromatic N) is 3. The molecule has 1 amide bonds. The molecule has 0 fully saturated rings. The smallest absolute Gasteiger partial charge is 0.254 e. The van der Waals surface area contributed by atoms with Crippen LogP contribution >= 0.6 is 11.3 Å². The molecule has 0 aliphatic carbocycles. The highest BCUT2D eigenvalue weighted by molar-refractivity contribution is 7.22. The quantitative estimate of drug-likeness (QED) is 0.706. The van der Waals surface area contributed by atoms with E-state index in [1.54, 1.807) is 35.5 Å². The van der Waals surface area contributed by atoms with Crippen LogP contribution in [0.1, 0.15) is 10.4 Å². The normalized spacial score (nSPS) is 10.7. The fourth-order valence-corrected chi connectivity index (χ4v) is 2.83. The Kier molecular flexibility index (Phi) is 3.83. The van der Waals surface area contributed by atoms with E-state index in [2.05, 4.69) is 20.7 Å². The van der Waals surface area contributed by atoms with Crippen molar-refractivity contribution < 1.29 is 4.79 Å². The topological polar surface area (TPSA) is 71.8 Å². The van der Waals surface area contributed by atoms with Gasteiger partial charge < -0.3 is 10.6 Å². The van der Waals surface area contributed by atoms with E-state index >= 15 is 0 Å². The van der Waals surface area contributed by atoms with Gasteiger partial charge in [-0.3, -0.25) is 9.48 Å². The Bertz CT molecular complexity index is 730. The fraction of sp³-hybridized carbons (Fsp3) is 0.214. The molecular weight excluding hydrogens is 286 g/mol. The third-order valence-corrected chi connectivity index (χ3v) is 3.94. The van der Waals surface area contributed by atoms with Crippen LogP contribution in [0.5, 0.6) is 0 Å². The minimum atomic E-state index is -0.116. The van der Waals surface area contributed by atoms with Crippen molar-refractivity contribution in [3.8, 4) is 0 Å². The van der Waals surface area contributed by atoms with Gasteiger partial charge in [-0.15, -0.1) is 0 Å². The first kappa shape index (κ1) is 13.6. The molecule has 0 radical (unpaired) electrons. The van der Waals surface area contributed by atoms with E-state index in [4.69, 9.17) is 0 Å². The second-order valence-corrected chi connectivity index (χ2v) is 5.60. The molecule has 3 aromatic rings. The number of carbonyl (C=O) groups excluding carboxylic acids is 1. The molecule has 6 nitrogen and oxygen atoms in total. The zero-order valence-corrected chi connectivity index (χ0v) is 12.4. The average Bonchev–Trinajstić information content (AvgIpc) is 3.09. The van der Waals surface area contributed by atoms with Gasteiger partial charge in [0.15, 0.2) is 5.13 Å². The van der Waals surface area contributed by atoms with Gasteiger partial charge >= 0.3 is 0 Å². The van der Waals surface area contributed by atoms with E-state index in [9.17, 15) is 4.79 Å². The Morgan fingerprint density at radius 3 is 2.95 bits per heavy atom. The lowest BCUT2D eigenvalue weighted by Gasteiger charge is -2.04. The number of rotatable bonds is 5. The van der Waals surface area contributed by atoms with Crippen molar-refractivity contribution in [3.05, 3.63) is 42.2 Å². The first-order chi connectivity index (χ1) is 10.2. The molecule has 0 bridgehead atoms. The number of aryl methyl sites for hydroxylation is 1. The maximum atomic E-state index is 11.8. The van der Waals surface area contributed by atoms with Crippen LogP contribution in [0.2, 0.25) is 0 Å². The second-order valence-electron chi connectivity index (χ2n) is 4.57. The highest BCUT2D eigenvalue weighted by Crippen LogP contribution is 2.24. The molecular formula is C14H15N5OS. The largest absolute Gasteiger partial charge is 0.360 e. The maximum absolute atomic E-state index is 11.8. The number of aromatic nitrogens is 3. The molecule has 0 aliphatic rings. The first-order valence-electron chi connectivity index (χ1n) is 6.59. The number of hydrogen-bond acceptors (Lipinski definition) is 5. The van der Waals surface area contributed by atoms with Gasteiger partial charge in [-0.1, -0.05) is 23.5 Å². The fourth-order valence-electron chi connectivity index (χ4n) is 1.93. The number of anilines is 1. The minimum absolute atomic E-state index is 0.116. The van der Waals surface area contributed by atoms with Gasteiger partial charge in [-0.25, -0.2) is 4.98 Å². The van der Waals surface area contributed by atoms with Gasteiger partial charge in [0.05, 0.1) is 22.0 Å². The minimum Gasteiger partial charge on any atom is -0.360 e. The van der Waals surface area contributed by atoms with E-state index in [0.717, 1.165) is 15.3 Å². The van der Waals surface area contributed by atoms with Crippen LogP contribution in [0, 0.1) is 0 Å². The predicted octanol–water partition coefficient (Wildman–Crippen LogP) is 1.87. The SMILES string of the molecule is Cn1cc(C(=O)NCCNc2nc3ccccc3s2)cn1. The summed E-state index contributed by atoms with van der Waals surface area (Å²) in [5.74, 6) is -0.116. The van der Waals surface area contributed by atoms with Crippen LogP contribution in [0.15, 0.2) is 36.7 Å². The molecule has 0 spiro atoms. The van der Waals surface area contributed by atoms with Gasteiger partial charge in [0, 0.05) is 26.3 Å². The van der Waals surface area contributed by atoms with Crippen molar-refractivity contribution in [3.63, 3.8) is 0 Å². The van der Waals surface area contributed by atoms with E-state index < -0.39 is 0 Å². The number of para-hydroxylation sites is 1. The molecule has 3 rings (SSSR count). The van der Waals surface area contributed by atoms with Crippen molar-refractivity contribution in [2.45, 2.75) is 0 Å². The summed E-state index contributed by atoms with van der Waals surface area (Å²) in [6.45, 7) is 1.16. The maximum Gasteiger partial charge on any atom is 0.254 e. The summed E-state index contributed by atoms with van der Waals surface area (Å²) >= 11 is 1.61. The molecule has 0 saturated carbocycles. The lowest BCUT2D eigenvalue weighted by Crippen LogP contribution is -2.28. The summed E-state index contributed by atoms with van der Waals surface area (Å²) < 4.78 is 2.76. The number of thiazole rings is 1. The lowest BCUT2D eigenvalue weighted by molar-refractivity contribution is 0.0955. The number of amides is 1. The molecule has 108 valence electrons. The number of carbonyl (C=O) groups is 1. The van der Waals surface area contributed by atoms with Crippen molar-refractivity contribution in [2.75, 3.05) is 18.4 Å². The van der Waals surface area contributed by atoms with Gasteiger partial charge in [0.25, 0.3) is 5.91 Å². The van der Waals surface area contributed by atoms with Gasteiger partial charge in [0.2, 0.25) is 0 Å². The van der Waals surface area contributed by atoms with E-state index in [-0.39, 0.29) is 5.91 Å². The standard InChI is InChI=1S/C14H15N5OS/c1-19-9-10(8-17-19)13(20)15-6-7-16-14-18-11-4-2-3-5-12(11)21-14/h2-5,8-9H,6-7H2,1H3,(H,15,20)(H,16,18). The van der Waals surface area contributed by atoms with E-state index in [1.165, 1.54) is 0 Å². The monoisotopic (exact) mass is 301 g/mol. The lowest BCUT2D eigenvalue weighted by atomic mass is 10.3. The third-order valence-electron chi connectivity index (χ3n) is 2.95. The second kappa shape index (κ2) is 5.92. The van der Waals surface area contributed by atoms with Crippen LogP contribution in [-0.2, 0) is 7.05 Å². The predicted molar refractivity (Wildman–Crippen MR) is 83.7 cm³/mol. The van der Waals surface area contributed by atoms with Gasteiger partial charge in [-0.2, -0.15) is 5.10 Å². The summed E-state index contributed by atoms with van der Waals surface area (Å²) in [5.41, 5.74) is 1.56. The van der Waals surface area contributed by atoms with Crippen LogP contribution in [0.4, 0.5) is 5.13 Å². The molecule has 2 heterocycles. The Morgan fingerprint density at radius 2 is 2.19 bits per heavy atom. The Morgan fingerprint density at radius 1 is 1.33 bits per heavy atom. The summed E-state index contributed by atoms with van der Waals surface area (Å²) in [7, 11) is 1.78. The number of nitrogens with one attached hydrogen (secondary N) is 2. The molecule has 2 N–H and O–H groups in total.